The number of ether oxygens (including phenoxy) is 2. The average Bonchev–Trinajstić information content (AvgIpc) is 2.79. The topological polar surface area (TPSA) is 21.7 Å². The average molecular weight is 294 g/mol. The molecule has 96 valence electrons. The zero-order chi connectivity index (χ0) is 11.6. The summed E-state index contributed by atoms with van der Waals surface area (Å²) < 4.78 is 10.7. The molecule has 3 nitrogen and oxygen atoms in total. The summed E-state index contributed by atoms with van der Waals surface area (Å²) in [4.78, 5) is 2.45. The molecule has 0 amide bonds. The molecule has 4 heteroatoms. The molecule has 0 saturated carbocycles. The zero-order valence-corrected chi connectivity index (χ0v) is 11.9. The number of hydrogen-bond acceptors (Lipinski definition) is 3. The van der Waals surface area contributed by atoms with Gasteiger partial charge in [-0.1, -0.05) is 15.9 Å². The Balaban J connectivity index is 2.05. The maximum Gasteiger partial charge on any atom is 0.0589 e. The van der Waals surface area contributed by atoms with Gasteiger partial charge < -0.3 is 14.4 Å². The van der Waals surface area contributed by atoms with Crippen molar-refractivity contribution in [2.75, 3.05) is 45.3 Å². The predicted octanol–water partition coefficient (Wildman–Crippen LogP) is 2.29. The van der Waals surface area contributed by atoms with Crippen molar-refractivity contribution in [1.29, 1.82) is 0 Å². The van der Waals surface area contributed by atoms with Crippen LogP contribution in [0, 0.1) is 0 Å². The molecule has 0 aromatic rings. The highest BCUT2D eigenvalue weighted by Crippen LogP contribution is 2.16. The highest BCUT2D eigenvalue weighted by Gasteiger charge is 2.15. The minimum atomic E-state index is 0.535. The van der Waals surface area contributed by atoms with Crippen molar-refractivity contribution in [2.24, 2.45) is 0 Å². The Hall–Kier alpha value is 0.360. The molecule has 1 saturated heterocycles. The molecule has 1 fully saturated rings. The van der Waals surface area contributed by atoms with Gasteiger partial charge in [-0.15, -0.1) is 0 Å². The van der Waals surface area contributed by atoms with Gasteiger partial charge in [-0.25, -0.2) is 0 Å². The summed E-state index contributed by atoms with van der Waals surface area (Å²) >= 11 is 3.49. The van der Waals surface area contributed by atoms with E-state index in [0.29, 0.717) is 6.10 Å². The van der Waals surface area contributed by atoms with Crippen molar-refractivity contribution < 1.29 is 9.47 Å². The fraction of sp³-hybridized carbons (Fsp3) is 1.00. The second-order valence-corrected chi connectivity index (χ2v) is 5.09. The Bertz CT molecular complexity index is 163. The summed E-state index contributed by atoms with van der Waals surface area (Å²) in [5.41, 5.74) is 0. The molecule has 1 heterocycles. The lowest BCUT2D eigenvalue weighted by molar-refractivity contribution is 0.0964. The molecule has 0 aliphatic carbocycles. The number of nitrogens with zero attached hydrogens (tertiary/aromatic N) is 1. The SMILES string of the molecule is COCCN(CCBr)CCCC1CCCO1. The molecule has 0 bridgehead atoms. The van der Waals surface area contributed by atoms with Gasteiger partial charge in [-0.2, -0.15) is 0 Å². The molecule has 1 rings (SSSR count). The van der Waals surface area contributed by atoms with Crippen LogP contribution in [0.5, 0.6) is 0 Å². The molecule has 0 N–H and O–H groups in total. The molecule has 0 aromatic heterocycles. The van der Waals surface area contributed by atoms with Crippen molar-refractivity contribution in [1.82, 2.24) is 4.90 Å². The molecular formula is C12H24BrNO2. The minimum absolute atomic E-state index is 0.535. The Morgan fingerprint density at radius 1 is 1.38 bits per heavy atom. The molecule has 0 spiro atoms. The fourth-order valence-corrected chi connectivity index (χ4v) is 2.59. The van der Waals surface area contributed by atoms with Crippen molar-refractivity contribution in [2.45, 2.75) is 31.8 Å². The van der Waals surface area contributed by atoms with Gasteiger partial charge in [0.2, 0.25) is 0 Å². The van der Waals surface area contributed by atoms with Gasteiger partial charge >= 0.3 is 0 Å². The largest absolute Gasteiger partial charge is 0.383 e. The first-order chi connectivity index (χ1) is 7.86. The predicted molar refractivity (Wildman–Crippen MR) is 70.3 cm³/mol. The van der Waals surface area contributed by atoms with E-state index in [-0.39, 0.29) is 0 Å². The summed E-state index contributed by atoms with van der Waals surface area (Å²) in [7, 11) is 1.76. The molecular weight excluding hydrogens is 270 g/mol. The summed E-state index contributed by atoms with van der Waals surface area (Å²) in [6.45, 7) is 5.10. The number of rotatable bonds is 9. The third kappa shape index (κ3) is 6.18. The van der Waals surface area contributed by atoms with Gasteiger partial charge in [0, 0.05) is 32.1 Å². The van der Waals surface area contributed by atoms with E-state index in [1.165, 1.54) is 25.7 Å². The number of halogens is 1. The lowest BCUT2D eigenvalue weighted by Gasteiger charge is -2.21. The van der Waals surface area contributed by atoms with Gasteiger partial charge in [0.1, 0.15) is 0 Å². The van der Waals surface area contributed by atoms with Gasteiger partial charge in [0.25, 0.3) is 0 Å². The Morgan fingerprint density at radius 2 is 2.25 bits per heavy atom. The third-order valence-electron chi connectivity index (χ3n) is 3.04. The Morgan fingerprint density at radius 3 is 2.88 bits per heavy atom. The quantitative estimate of drug-likeness (QED) is 0.609. The normalized spacial score (nSPS) is 20.8. The minimum Gasteiger partial charge on any atom is -0.383 e. The molecule has 1 aliphatic heterocycles. The van der Waals surface area contributed by atoms with Crippen LogP contribution in [-0.4, -0.2) is 56.3 Å². The second-order valence-electron chi connectivity index (χ2n) is 4.30. The maximum absolute atomic E-state index is 5.62. The van der Waals surface area contributed by atoms with Crippen LogP contribution in [0.3, 0.4) is 0 Å². The standard InChI is InChI=1S/C12H24BrNO2/c1-15-11-9-14(8-6-13)7-2-4-12-5-3-10-16-12/h12H,2-11H2,1H3. The van der Waals surface area contributed by atoms with Gasteiger partial charge in [-0.3, -0.25) is 0 Å². The summed E-state index contributed by atoms with van der Waals surface area (Å²) in [6.07, 6.45) is 5.50. The van der Waals surface area contributed by atoms with Gasteiger partial charge in [0.05, 0.1) is 12.7 Å². The van der Waals surface area contributed by atoms with Crippen molar-refractivity contribution in [3.63, 3.8) is 0 Å². The van der Waals surface area contributed by atoms with E-state index in [4.69, 9.17) is 9.47 Å². The van der Waals surface area contributed by atoms with E-state index in [1.54, 1.807) is 7.11 Å². The fourth-order valence-electron chi connectivity index (χ4n) is 2.09. The zero-order valence-electron chi connectivity index (χ0n) is 10.3. The summed E-state index contributed by atoms with van der Waals surface area (Å²) in [6, 6.07) is 0. The number of alkyl halides is 1. The van der Waals surface area contributed by atoms with Gasteiger partial charge in [0.15, 0.2) is 0 Å². The van der Waals surface area contributed by atoms with E-state index in [9.17, 15) is 0 Å². The van der Waals surface area contributed by atoms with Crippen LogP contribution >= 0.6 is 15.9 Å². The first-order valence-electron chi connectivity index (χ1n) is 6.25. The van der Waals surface area contributed by atoms with Crippen molar-refractivity contribution in [3.05, 3.63) is 0 Å². The lowest BCUT2D eigenvalue weighted by Crippen LogP contribution is -2.30. The van der Waals surface area contributed by atoms with Crippen LogP contribution < -0.4 is 0 Å². The third-order valence-corrected chi connectivity index (χ3v) is 3.39. The highest BCUT2D eigenvalue weighted by molar-refractivity contribution is 9.09. The number of hydrogen-bond donors (Lipinski definition) is 0. The highest BCUT2D eigenvalue weighted by atomic mass is 79.9. The van der Waals surface area contributed by atoms with Crippen molar-refractivity contribution >= 4 is 15.9 Å². The first-order valence-corrected chi connectivity index (χ1v) is 7.38. The molecule has 1 aliphatic rings. The molecule has 0 aromatic carbocycles. The van der Waals surface area contributed by atoms with Crippen LogP contribution in [0.15, 0.2) is 0 Å². The smallest absolute Gasteiger partial charge is 0.0589 e. The summed E-state index contributed by atoms with van der Waals surface area (Å²) in [5.74, 6) is 0. The van der Waals surface area contributed by atoms with Crippen LogP contribution in [0.25, 0.3) is 0 Å². The monoisotopic (exact) mass is 293 g/mol. The Labute approximate surface area is 108 Å². The van der Waals surface area contributed by atoms with Gasteiger partial charge in [-0.05, 0) is 32.2 Å². The molecule has 16 heavy (non-hydrogen) atoms. The number of methoxy groups -OCH3 is 1. The van der Waals surface area contributed by atoms with E-state index in [1.807, 2.05) is 0 Å². The molecule has 0 radical (unpaired) electrons. The lowest BCUT2D eigenvalue weighted by atomic mass is 10.1. The van der Waals surface area contributed by atoms with Crippen LogP contribution in [0.1, 0.15) is 25.7 Å². The van der Waals surface area contributed by atoms with E-state index in [0.717, 1.165) is 38.2 Å². The van der Waals surface area contributed by atoms with Crippen LogP contribution in [0.2, 0.25) is 0 Å². The van der Waals surface area contributed by atoms with E-state index < -0.39 is 0 Å². The first kappa shape index (κ1) is 14.4. The van der Waals surface area contributed by atoms with Crippen molar-refractivity contribution in [3.8, 4) is 0 Å². The van der Waals surface area contributed by atoms with E-state index >= 15 is 0 Å². The Kier molecular flexibility index (Phi) is 8.47. The molecule has 1 atom stereocenters. The molecule has 1 unspecified atom stereocenters. The summed E-state index contributed by atoms with van der Waals surface area (Å²) in [5, 5.41) is 1.04. The van der Waals surface area contributed by atoms with E-state index in [2.05, 4.69) is 20.8 Å². The van der Waals surface area contributed by atoms with Crippen LogP contribution in [0.4, 0.5) is 0 Å². The maximum atomic E-state index is 5.62. The van der Waals surface area contributed by atoms with Crippen LogP contribution in [-0.2, 0) is 9.47 Å². The second kappa shape index (κ2) is 9.40.